The Morgan fingerprint density at radius 1 is 1.47 bits per heavy atom. The zero-order valence-electron chi connectivity index (χ0n) is 10.5. The van der Waals surface area contributed by atoms with Gasteiger partial charge in [-0.3, -0.25) is 0 Å². The fourth-order valence-corrected chi connectivity index (χ4v) is 2.13. The van der Waals surface area contributed by atoms with Crippen LogP contribution in [-0.4, -0.2) is 34.2 Å². The minimum absolute atomic E-state index is 0.126. The van der Waals surface area contributed by atoms with Crippen molar-refractivity contribution in [2.24, 2.45) is 5.92 Å². The van der Waals surface area contributed by atoms with Crippen molar-refractivity contribution < 1.29 is 14.4 Å². The third-order valence-electron chi connectivity index (χ3n) is 2.20. The van der Waals surface area contributed by atoms with E-state index in [1.165, 1.54) is 0 Å². The average Bonchev–Trinajstić information content (AvgIpc) is 2.78. The lowest BCUT2D eigenvalue weighted by atomic mass is 10.2. The monoisotopic (exact) mass is 260 g/mol. The summed E-state index contributed by atoms with van der Waals surface area (Å²) in [5.41, 5.74) is 0. The zero-order chi connectivity index (χ0) is 12.7. The van der Waals surface area contributed by atoms with E-state index in [0.717, 1.165) is 5.75 Å². The molecule has 0 aromatic carbocycles. The molecule has 6 heteroatoms. The van der Waals surface area contributed by atoms with Gasteiger partial charge < -0.3 is 14.4 Å². The van der Waals surface area contributed by atoms with Gasteiger partial charge >= 0.3 is 0 Å². The van der Waals surface area contributed by atoms with Crippen LogP contribution in [0.2, 0.25) is 0 Å². The molecule has 0 bridgehead atoms. The number of hydrogen-bond donors (Lipinski definition) is 1. The molecule has 2 atom stereocenters. The number of nitrogens with zero attached hydrogens (tertiary/aromatic N) is 2. The minimum Gasteiger partial charge on any atom is -0.396 e. The van der Waals surface area contributed by atoms with Crippen molar-refractivity contribution in [1.29, 1.82) is 0 Å². The van der Waals surface area contributed by atoms with E-state index in [2.05, 4.69) is 10.1 Å². The molecule has 5 nitrogen and oxygen atoms in total. The summed E-state index contributed by atoms with van der Waals surface area (Å²) in [6.45, 7) is 6.68. The van der Waals surface area contributed by atoms with Crippen LogP contribution in [0.15, 0.2) is 4.52 Å². The molecular weight excluding hydrogens is 240 g/mol. The Balaban J connectivity index is 2.35. The van der Waals surface area contributed by atoms with Gasteiger partial charge in [0.2, 0.25) is 5.89 Å². The van der Waals surface area contributed by atoms with E-state index in [1.54, 1.807) is 11.8 Å². The van der Waals surface area contributed by atoms with E-state index in [0.29, 0.717) is 30.0 Å². The first kappa shape index (κ1) is 14.5. The maximum Gasteiger partial charge on any atom is 0.236 e. The van der Waals surface area contributed by atoms with Crippen molar-refractivity contribution in [3.8, 4) is 0 Å². The first-order chi connectivity index (χ1) is 8.17. The van der Waals surface area contributed by atoms with Crippen LogP contribution in [-0.2, 0) is 10.5 Å². The molecular formula is C11H20N2O3S. The second-order valence-electron chi connectivity index (χ2n) is 3.95. The Labute approximate surface area is 106 Å². The molecule has 98 valence electrons. The van der Waals surface area contributed by atoms with Crippen LogP contribution in [0.3, 0.4) is 0 Å². The summed E-state index contributed by atoms with van der Waals surface area (Å²) >= 11 is 1.68. The Hall–Kier alpha value is -0.590. The quantitative estimate of drug-likeness (QED) is 0.771. The molecule has 0 spiro atoms. The van der Waals surface area contributed by atoms with Crippen LogP contribution in [0.4, 0.5) is 0 Å². The molecule has 0 aliphatic rings. The molecule has 1 N–H and O–H groups in total. The molecule has 1 heterocycles. The first-order valence-corrected chi connectivity index (χ1v) is 6.95. The fourth-order valence-electron chi connectivity index (χ4n) is 1.22. The van der Waals surface area contributed by atoms with E-state index in [9.17, 15) is 0 Å². The molecule has 0 saturated carbocycles. The second kappa shape index (κ2) is 7.68. The van der Waals surface area contributed by atoms with E-state index in [-0.39, 0.29) is 12.7 Å². The predicted molar refractivity (Wildman–Crippen MR) is 66.8 cm³/mol. The van der Waals surface area contributed by atoms with Crippen molar-refractivity contribution in [3.63, 3.8) is 0 Å². The lowest BCUT2D eigenvalue weighted by Gasteiger charge is -2.05. The summed E-state index contributed by atoms with van der Waals surface area (Å²) in [6.07, 6.45) is -0.126. The second-order valence-corrected chi connectivity index (χ2v) is 4.98. The van der Waals surface area contributed by atoms with Gasteiger partial charge in [-0.05, 0) is 25.5 Å². The first-order valence-electron chi connectivity index (χ1n) is 5.80. The Morgan fingerprint density at radius 3 is 2.88 bits per heavy atom. The molecule has 0 aliphatic carbocycles. The summed E-state index contributed by atoms with van der Waals surface area (Å²) in [5, 5.41) is 12.8. The number of hydrogen-bond acceptors (Lipinski definition) is 6. The van der Waals surface area contributed by atoms with Crippen LogP contribution < -0.4 is 0 Å². The molecule has 17 heavy (non-hydrogen) atoms. The number of thioether (sulfide) groups is 1. The van der Waals surface area contributed by atoms with E-state index in [4.69, 9.17) is 14.4 Å². The molecule has 0 amide bonds. The van der Waals surface area contributed by atoms with Crippen molar-refractivity contribution in [1.82, 2.24) is 10.1 Å². The maximum atomic E-state index is 8.89. The van der Waals surface area contributed by atoms with Crippen LogP contribution in [0, 0.1) is 5.92 Å². The zero-order valence-corrected chi connectivity index (χ0v) is 11.4. The molecule has 0 aliphatic heterocycles. The highest BCUT2D eigenvalue weighted by molar-refractivity contribution is 7.98. The van der Waals surface area contributed by atoms with Gasteiger partial charge in [0, 0.05) is 13.2 Å². The summed E-state index contributed by atoms with van der Waals surface area (Å²) in [7, 11) is 0. The molecule has 0 radical (unpaired) electrons. The van der Waals surface area contributed by atoms with Crippen LogP contribution >= 0.6 is 11.8 Å². The largest absolute Gasteiger partial charge is 0.396 e. The van der Waals surface area contributed by atoms with E-state index >= 15 is 0 Å². The van der Waals surface area contributed by atoms with Gasteiger partial charge in [0.15, 0.2) is 5.82 Å². The van der Waals surface area contributed by atoms with Gasteiger partial charge in [0.25, 0.3) is 0 Å². The SMILES string of the molecule is CCOC(C)c1noc(CSCC(C)CO)n1. The third-order valence-corrected chi connectivity index (χ3v) is 3.46. The normalized spacial score (nSPS) is 14.8. The van der Waals surface area contributed by atoms with Crippen molar-refractivity contribution in [2.45, 2.75) is 32.6 Å². The number of aliphatic hydroxyl groups is 1. The average molecular weight is 260 g/mol. The summed E-state index contributed by atoms with van der Waals surface area (Å²) < 4.78 is 10.5. The van der Waals surface area contributed by atoms with Gasteiger partial charge in [-0.2, -0.15) is 16.7 Å². The number of aliphatic hydroxyl groups excluding tert-OH is 1. The fraction of sp³-hybridized carbons (Fsp3) is 0.818. The van der Waals surface area contributed by atoms with Gasteiger partial charge in [0.1, 0.15) is 6.10 Å². The molecule has 1 aromatic heterocycles. The number of aromatic nitrogens is 2. The Bertz CT molecular complexity index is 319. The molecule has 0 fully saturated rings. The lowest BCUT2D eigenvalue weighted by molar-refractivity contribution is 0.0683. The van der Waals surface area contributed by atoms with E-state index < -0.39 is 0 Å². The van der Waals surface area contributed by atoms with Gasteiger partial charge in [-0.25, -0.2) is 0 Å². The highest BCUT2D eigenvalue weighted by Crippen LogP contribution is 2.17. The molecule has 0 saturated heterocycles. The highest BCUT2D eigenvalue weighted by Gasteiger charge is 2.13. The van der Waals surface area contributed by atoms with Gasteiger partial charge in [-0.1, -0.05) is 12.1 Å². The Morgan fingerprint density at radius 2 is 2.24 bits per heavy atom. The Kier molecular flexibility index (Phi) is 6.54. The summed E-state index contributed by atoms with van der Waals surface area (Å²) in [4.78, 5) is 4.27. The number of rotatable bonds is 8. The van der Waals surface area contributed by atoms with Gasteiger partial charge in [0.05, 0.1) is 5.75 Å². The number of ether oxygens (including phenoxy) is 1. The maximum absolute atomic E-state index is 8.89. The van der Waals surface area contributed by atoms with Crippen LogP contribution in [0.1, 0.15) is 38.6 Å². The summed E-state index contributed by atoms with van der Waals surface area (Å²) in [6, 6.07) is 0. The summed E-state index contributed by atoms with van der Waals surface area (Å²) in [5.74, 6) is 3.06. The van der Waals surface area contributed by atoms with Crippen molar-refractivity contribution in [3.05, 3.63) is 11.7 Å². The lowest BCUT2D eigenvalue weighted by Crippen LogP contribution is -2.03. The highest BCUT2D eigenvalue weighted by atomic mass is 32.2. The van der Waals surface area contributed by atoms with Crippen LogP contribution in [0.5, 0.6) is 0 Å². The molecule has 1 aromatic rings. The third kappa shape index (κ3) is 5.06. The topological polar surface area (TPSA) is 68.4 Å². The van der Waals surface area contributed by atoms with E-state index in [1.807, 2.05) is 20.8 Å². The van der Waals surface area contributed by atoms with Crippen LogP contribution in [0.25, 0.3) is 0 Å². The predicted octanol–water partition coefficient (Wildman–Crippen LogP) is 2.03. The van der Waals surface area contributed by atoms with Crippen molar-refractivity contribution in [2.75, 3.05) is 19.0 Å². The standard InChI is InChI=1S/C11H20N2O3S/c1-4-15-9(3)11-12-10(16-13-11)7-17-6-8(2)5-14/h8-9,14H,4-7H2,1-3H3. The molecule has 1 rings (SSSR count). The van der Waals surface area contributed by atoms with Crippen molar-refractivity contribution >= 4 is 11.8 Å². The van der Waals surface area contributed by atoms with Gasteiger partial charge in [-0.15, -0.1) is 0 Å². The minimum atomic E-state index is -0.126. The molecule has 2 unspecified atom stereocenters. The smallest absolute Gasteiger partial charge is 0.236 e.